The molecular formula is C25H19N7O. The molecule has 0 unspecified atom stereocenters. The molecule has 8 heteroatoms. The molecule has 160 valence electrons. The Kier molecular flexibility index (Phi) is 5.13. The number of pyridine rings is 1. The zero-order valence-corrected chi connectivity index (χ0v) is 18.0. The van der Waals surface area contributed by atoms with Crippen molar-refractivity contribution in [2.45, 2.75) is 6.92 Å². The van der Waals surface area contributed by atoms with Gasteiger partial charge in [0.2, 0.25) is 0 Å². The summed E-state index contributed by atoms with van der Waals surface area (Å²) in [6, 6.07) is 23.3. The summed E-state index contributed by atoms with van der Waals surface area (Å²) in [5, 5.41) is 26.9. The smallest absolute Gasteiger partial charge is 0.156 e. The number of nitrogens with one attached hydrogen (secondary N) is 1. The van der Waals surface area contributed by atoms with Crippen LogP contribution in [0.3, 0.4) is 0 Å². The Labute approximate surface area is 190 Å². The van der Waals surface area contributed by atoms with Crippen LogP contribution in [0.15, 0.2) is 72.9 Å². The average molecular weight is 433 g/mol. The first-order valence-electron chi connectivity index (χ1n) is 10.3. The fourth-order valence-electron chi connectivity index (χ4n) is 3.60. The summed E-state index contributed by atoms with van der Waals surface area (Å²) in [4.78, 5) is 4.73. The number of para-hydroxylation sites is 1. The first-order chi connectivity index (χ1) is 16.2. The lowest BCUT2D eigenvalue weighted by molar-refractivity contribution is 0.415. The molecule has 0 atom stereocenters. The number of benzene rings is 2. The number of nitriles is 1. The molecule has 3 aromatic heterocycles. The van der Waals surface area contributed by atoms with Crippen LogP contribution < -0.4 is 10.1 Å². The molecule has 0 aliphatic heterocycles. The van der Waals surface area contributed by atoms with E-state index in [-0.39, 0.29) is 0 Å². The number of ether oxygens (including phenoxy) is 1. The van der Waals surface area contributed by atoms with Crippen LogP contribution in [0.5, 0.6) is 5.75 Å². The van der Waals surface area contributed by atoms with Crippen molar-refractivity contribution >= 4 is 22.5 Å². The van der Waals surface area contributed by atoms with Gasteiger partial charge in [0.15, 0.2) is 17.5 Å². The Hall–Kier alpha value is -4.77. The number of nitrogens with zero attached hydrogens (tertiary/aromatic N) is 6. The van der Waals surface area contributed by atoms with E-state index < -0.39 is 0 Å². The standard InChI is InChI=1S/C25H19N7O/c1-16-13-24(28-22-6-4-3-5-20(16)22)32-25(18(14-26)15-27-32)29-23-12-11-21(30-31-23)17-7-9-19(33-2)10-8-17/h3-13,15H,1-2H3,(H,29,31). The lowest BCUT2D eigenvalue weighted by Crippen LogP contribution is -2.07. The molecule has 3 heterocycles. The second-order valence-corrected chi connectivity index (χ2v) is 7.40. The monoisotopic (exact) mass is 433 g/mol. The van der Waals surface area contributed by atoms with Crippen molar-refractivity contribution < 1.29 is 4.74 Å². The average Bonchev–Trinajstić information content (AvgIpc) is 3.27. The quantitative estimate of drug-likeness (QED) is 0.424. The van der Waals surface area contributed by atoms with Crippen LogP contribution in [-0.4, -0.2) is 32.1 Å². The van der Waals surface area contributed by atoms with Crippen LogP contribution in [0.1, 0.15) is 11.1 Å². The minimum atomic E-state index is 0.378. The number of aromatic nitrogens is 5. The summed E-state index contributed by atoms with van der Waals surface area (Å²) >= 11 is 0. The third-order valence-corrected chi connectivity index (χ3v) is 5.31. The normalized spacial score (nSPS) is 10.7. The van der Waals surface area contributed by atoms with Gasteiger partial charge < -0.3 is 10.1 Å². The first kappa shape index (κ1) is 20.2. The summed E-state index contributed by atoms with van der Waals surface area (Å²) in [6.07, 6.45) is 1.51. The Balaban J connectivity index is 1.48. The Morgan fingerprint density at radius 1 is 1.00 bits per heavy atom. The van der Waals surface area contributed by atoms with Crippen molar-refractivity contribution in [3.05, 3.63) is 84.1 Å². The van der Waals surface area contributed by atoms with Gasteiger partial charge in [0.1, 0.15) is 17.4 Å². The number of fused-ring (bicyclic) bond motifs is 1. The highest BCUT2D eigenvalue weighted by Crippen LogP contribution is 2.26. The number of hydrogen-bond acceptors (Lipinski definition) is 7. The third-order valence-electron chi connectivity index (χ3n) is 5.31. The highest BCUT2D eigenvalue weighted by atomic mass is 16.5. The van der Waals surface area contributed by atoms with E-state index in [4.69, 9.17) is 9.72 Å². The summed E-state index contributed by atoms with van der Waals surface area (Å²) in [5.41, 5.74) is 3.96. The molecular weight excluding hydrogens is 414 g/mol. The van der Waals surface area contributed by atoms with E-state index in [1.165, 1.54) is 6.20 Å². The molecule has 0 saturated carbocycles. The molecule has 1 N–H and O–H groups in total. The van der Waals surface area contributed by atoms with Crippen LogP contribution in [-0.2, 0) is 0 Å². The molecule has 0 bridgehead atoms. The van der Waals surface area contributed by atoms with Crippen LogP contribution in [0.4, 0.5) is 11.6 Å². The molecule has 0 aliphatic carbocycles. The second kappa shape index (κ2) is 8.40. The molecule has 0 fully saturated rings. The predicted molar refractivity (Wildman–Crippen MR) is 126 cm³/mol. The van der Waals surface area contributed by atoms with Gasteiger partial charge in [-0.15, -0.1) is 10.2 Å². The summed E-state index contributed by atoms with van der Waals surface area (Å²) in [6.45, 7) is 2.03. The predicted octanol–water partition coefficient (Wildman–Crippen LogP) is 4.81. The topological polar surface area (TPSA) is 102 Å². The van der Waals surface area contributed by atoms with Gasteiger partial charge in [0.05, 0.1) is 24.5 Å². The first-order valence-corrected chi connectivity index (χ1v) is 10.3. The van der Waals surface area contributed by atoms with Crippen molar-refractivity contribution in [3.63, 3.8) is 0 Å². The van der Waals surface area contributed by atoms with Gasteiger partial charge in [-0.05, 0) is 61.0 Å². The van der Waals surface area contributed by atoms with Crippen LogP contribution >= 0.6 is 0 Å². The largest absolute Gasteiger partial charge is 0.497 e. The maximum Gasteiger partial charge on any atom is 0.156 e. The van der Waals surface area contributed by atoms with Crippen molar-refractivity contribution in [1.29, 1.82) is 5.26 Å². The number of hydrogen-bond donors (Lipinski definition) is 1. The van der Waals surface area contributed by atoms with Crippen molar-refractivity contribution in [3.8, 4) is 28.9 Å². The van der Waals surface area contributed by atoms with E-state index in [0.717, 1.165) is 33.5 Å². The Bertz CT molecular complexity index is 1480. The number of rotatable bonds is 5. The number of anilines is 2. The Morgan fingerprint density at radius 2 is 1.82 bits per heavy atom. The molecule has 5 rings (SSSR count). The zero-order valence-electron chi connectivity index (χ0n) is 18.0. The fourth-order valence-corrected chi connectivity index (χ4v) is 3.60. The highest BCUT2D eigenvalue weighted by Gasteiger charge is 2.15. The van der Waals surface area contributed by atoms with E-state index in [1.54, 1.807) is 11.8 Å². The van der Waals surface area contributed by atoms with E-state index in [0.29, 0.717) is 23.0 Å². The lowest BCUT2D eigenvalue weighted by atomic mass is 10.1. The van der Waals surface area contributed by atoms with Crippen molar-refractivity contribution in [2.24, 2.45) is 0 Å². The zero-order chi connectivity index (χ0) is 22.8. The van der Waals surface area contributed by atoms with E-state index >= 15 is 0 Å². The molecule has 0 spiro atoms. The summed E-state index contributed by atoms with van der Waals surface area (Å²) in [7, 11) is 1.63. The van der Waals surface area contributed by atoms with Gasteiger partial charge in [-0.3, -0.25) is 0 Å². The maximum absolute atomic E-state index is 9.61. The molecule has 2 aromatic carbocycles. The molecule has 8 nitrogen and oxygen atoms in total. The molecule has 0 aliphatic rings. The number of methoxy groups -OCH3 is 1. The van der Waals surface area contributed by atoms with Gasteiger partial charge >= 0.3 is 0 Å². The minimum Gasteiger partial charge on any atom is -0.497 e. The maximum atomic E-state index is 9.61. The van der Waals surface area contributed by atoms with Gasteiger partial charge in [0, 0.05) is 10.9 Å². The van der Waals surface area contributed by atoms with Crippen molar-refractivity contribution in [1.82, 2.24) is 25.0 Å². The molecule has 0 saturated heterocycles. The van der Waals surface area contributed by atoms with Crippen molar-refractivity contribution in [2.75, 3.05) is 12.4 Å². The molecule has 33 heavy (non-hydrogen) atoms. The van der Waals surface area contributed by atoms with E-state index in [2.05, 4.69) is 26.7 Å². The molecule has 0 amide bonds. The van der Waals surface area contributed by atoms with E-state index in [1.807, 2.05) is 73.7 Å². The summed E-state index contributed by atoms with van der Waals surface area (Å²) < 4.78 is 6.81. The van der Waals surface area contributed by atoms with Crippen LogP contribution in [0.2, 0.25) is 0 Å². The Morgan fingerprint density at radius 3 is 2.55 bits per heavy atom. The third kappa shape index (κ3) is 3.83. The van der Waals surface area contributed by atoms with Gasteiger partial charge in [-0.1, -0.05) is 18.2 Å². The second-order valence-electron chi connectivity index (χ2n) is 7.40. The minimum absolute atomic E-state index is 0.378. The van der Waals surface area contributed by atoms with Gasteiger partial charge in [-0.2, -0.15) is 15.0 Å². The van der Waals surface area contributed by atoms with Crippen LogP contribution in [0, 0.1) is 18.3 Å². The summed E-state index contributed by atoms with van der Waals surface area (Å²) in [5.74, 6) is 2.35. The fraction of sp³-hybridized carbons (Fsp3) is 0.0800. The van der Waals surface area contributed by atoms with E-state index in [9.17, 15) is 5.26 Å². The molecule has 5 aromatic rings. The highest BCUT2D eigenvalue weighted by molar-refractivity contribution is 5.83. The van der Waals surface area contributed by atoms with Gasteiger partial charge in [0.25, 0.3) is 0 Å². The van der Waals surface area contributed by atoms with Gasteiger partial charge in [-0.25, -0.2) is 4.98 Å². The molecule has 0 radical (unpaired) electrons. The lowest BCUT2D eigenvalue weighted by Gasteiger charge is -2.11. The SMILES string of the molecule is COc1ccc(-c2ccc(Nc3c(C#N)cnn3-c3cc(C)c4ccccc4n3)nn2)cc1. The van der Waals surface area contributed by atoms with Crippen LogP contribution in [0.25, 0.3) is 28.0 Å². The number of aryl methyl sites for hydroxylation is 1.